The van der Waals surface area contributed by atoms with Crippen LogP contribution in [0.1, 0.15) is 16.1 Å². The summed E-state index contributed by atoms with van der Waals surface area (Å²) in [6.45, 7) is 0.268. The van der Waals surface area contributed by atoms with Gasteiger partial charge >= 0.3 is 5.97 Å². The van der Waals surface area contributed by atoms with Gasteiger partial charge < -0.3 is 14.1 Å². The van der Waals surface area contributed by atoms with Crippen LogP contribution in [0.3, 0.4) is 0 Å². The molecule has 88 valence electrons. The van der Waals surface area contributed by atoms with E-state index >= 15 is 0 Å². The predicted molar refractivity (Wildman–Crippen MR) is 63.2 cm³/mol. The summed E-state index contributed by atoms with van der Waals surface area (Å²) in [6.07, 6.45) is 1.43. The highest BCUT2D eigenvalue weighted by molar-refractivity contribution is 9.10. The number of furan rings is 1. The van der Waals surface area contributed by atoms with Gasteiger partial charge in [0, 0.05) is 12.3 Å². The maximum absolute atomic E-state index is 11.6. The molecular formula is C11H8BrNO4. The molecule has 2 aromatic rings. The Kier molecular flexibility index (Phi) is 3.14. The summed E-state index contributed by atoms with van der Waals surface area (Å²) in [7, 11) is 0. The topological polar surface area (TPSA) is 72.4 Å². The van der Waals surface area contributed by atoms with Crippen molar-refractivity contribution in [1.29, 1.82) is 0 Å². The molecule has 0 amide bonds. The zero-order valence-electron chi connectivity index (χ0n) is 8.59. The zero-order chi connectivity index (χ0) is 12.4. The van der Waals surface area contributed by atoms with Crippen LogP contribution in [0.5, 0.6) is 0 Å². The fourth-order valence-electron chi connectivity index (χ4n) is 1.38. The highest BCUT2D eigenvalue weighted by Gasteiger charge is 2.06. The number of rotatable bonds is 3. The minimum atomic E-state index is -1.12. The lowest BCUT2D eigenvalue weighted by Gasteiger charge is -2.03. The van der Waals surface area contributed by atoms with E-state index in [0.717, 1.165) is 6.07 Å². The summed E-state index contributed by atoms with van der Waals surface area (Å²) in [5.41, 5.74) is -0.399. The Morgan fingerprint density at radius 2 is 2.18 bits per heavy atom. The Balaban J connectivity index is 2.28. The lowest BCUT2D eigenvalue weighted by atomic mass is 10.2. The first-order valence-electron chi connectivity index (χ1n) is 4.74. The number of halogens is 1. The molecule has 2 heterocycles. The van der Waals surface area contributed by atoms with Gasteiger partial charge in [-0.2, -0.15) is 0 Å². The van der Waals surface area contributed by atoms with Crippen molar-refractivity contribution < 1.29 is 14.3 Å². The molecule has 0 aromatic carbocycles. The number of pyridine rings is 1. The second kappa shape index (κ2) is 4.58. The van der Waals surface area contributed by atoms with Crippen molar-refractivity contribution in [2.75, 3.05) is 0 Å². The normalized spacial score (nSPS) is 10.4. The second-order valence-electron chi connectivity index (χ2n) is 3.39. The average molecular weight is 298 g/mol. The van der Waals surface area contributed by atoms with E-state index < -0.39 is 5.97 Å². The van der Waals surface area contributed by atoms with Crippen LogP contribution in [-0.4, -0.2) is 15.6 Å². The number of carboxylic acids is 1. The third kappa shape index (κ3) is 2.65. The number of carboxylic acid groups (broad SMARTS) is 1. The van der Waals surface area contributed by atoms with Crippen molar-refractivity contribution in [2.45, 2.75) is 6.54 Å². The fraction of sp³-hybridized carbons (Fsp3) is 0.0909. The molecule has 5 nitrogen and oxygen atoms in total. The lowest BCUT2D eigenvalue weighted by Crippen LogP contribution is -2.20. The van der Waals surface area contributed by atoms with E-state index in [-0.39, 0.29) is 17.7 Å². The van der Waals surface area contributed by atoms with Gasteiger partial charge in [0.2, 0.25) is 0 Å². The van der Waals surface area contributed by atoms with Crippen LogP contribution >= 0.6 is 15.9 Å². The maximum Gasteiger partial charge on any atom is 0.335 e. The van der Waals surface area contributed by atoms with Crippen molar-refractivity contribution in [2.24, 2.45) is 0 Å². The lowest BCUT2D eigenvalue weighted by molar-refractivity contribution is 0.0696. The molecule has 0 fully saturated rings. The molecule has 0 saturated carbocycles. The monoisotopic (exact) mass is 297 g/mol. The molecule has 0 saturated heterocycles. The van der Waals surface area contributed by atoms with E-state index in [1.54, 1.807) is 12.1 Å². The molecule has 0 spiro atoms. The molecule has 17 heavy (non-hydrogen) atoms. The van der Waals surface area contributed by atoms with Crippen molar-refractivity contribution >= 4 is 21.9 Å². The molecule has 0 unspecified atom stereocenters. The molecule has 2 aromatic heterocycles. The van der Waals surface area contributed by atoms with Crippen molar-refractivity contribution in [3.63, 3.8) is 0 Å². The molecule has 1 N–H and O–H groups in total. The number of nitrogens with zero attached hydrogens (tertiary/aromatic N) is 1. The van der Waals surface area contributed by atoms with Gasteiger partial charge in [-0.3, -0.25) is 4.79 Å². The second-order valence-corrected chi connectivity index (χ2v) is 4.17. The Labute approximate surface area is 104 Å². The molecule has 0 aliphatic heterocycles. The van der Waals surface area contributed by atoms with E-state index in [1.807, 2.05) is 0 Å². The molecule has 6 heteroatoms. The van der Waals surface area contributed by atoms with Crippen LogP contribution in [0.4, 0.5) is 0 Å². The van der Waals surface area contributed by atoms with E-state index in [9.17, 15) is 9.59 Å². The molecule has 0 radical (unpaired) electrons. The van der Waals surface area contributed by atoms with Crippen molar-refractivity contribution in [3.8, 4) is 0 Å². The summed E-state index contributed by atoms with van der Waals surface area (Å²) in [4.78, 5) is 22.3. The molecule has 0 aliphatic carbocycles. The highest BCUT2D eigenvalue weighted by atomic mass is 79.9. The molecule has 0 bridgehead atoms. The minimum Gasteiger partial charge on any atom is -0.478 e. The van der Waals surface area contributed by atoms with Crippen LogP contribution in [-0.2, 0) is 6.54 Å². The van der Waals surface area contributed by atoms with Gasteiger partial charge in [-0.15, -0.1) is 0 Å². The van der Waals surface area contributed by atoms with Gasteiger partial charge in [0.1, 0.15) is 5.76 Å². The maximum atomic E-state index is 11.6. The molecule has 0 aliphatic rings. The van der Waals surface area contributed by atoms with Crippen LogP contribution in [0.2, 0.25) is 0 Å². The predicted octanol–water partition coefficient (Wildman–Crippen LogP) is 1.95. The Hall–Kier alpha value is -1.82. The number of hydrogen-bond acceptors (Lipinski definition) is 3. The van der Waals surface area contributed by atoms with Gasteiger partial charge in [0.05, 0.1) is 12.1 Å². The summed E-state index contributed by atoms with van der Waals surface area (Å²) in [5, 5.41) is 8.72. The number of hydrogen-bond donors (Lipinski definition) is 1. The van der Waals surface area contributed by atoms with E-state index in [2.05, 4.69) is 15.9 Å². The highest BCUT2D eigenvalue weighted by Crippen LogP contribution is 2.14. The molecular weight excluding hydrogens is 290 g/mol. The summed E-state index contributed by atoms with van der Waals surface area (Å²) < 4.78 is 7.22. The van der Waals surface area contributed by atoms with Gasteiger partial charge in [-0.25, -0.2) is 4.79 Å². The first-order chi connectivity index (χ1) is 8.06. The third-order valence-corrected chi connectivity index (χ3v) is 2.62. The Bertz CT molecular complexity index is 614. The van der Waals surface area contributed by atoms with E-state index in [4.69, 9.17) is 9.52 Å². The first-order valence-corrected chi connectivity index (χ1v) is 5.53. The first kappa shape index (κ1) is 11.7. The number of carbonyl (C=O) groups is 1. The average Bonchev–Trinajstić information content (AvgIpc) is 2.67. The van der Waals surface area contributed by atoms with Crippen LogP contribution < -0.4 is 5.56 Å². The van der Waals surface area contributed by atoms with Gasteiger partial charge in [0.15, 0.2) is 4.67 Å². The quantitative estimate of drug-likeness (QED) is 0.940. The van der Waals surface area contributed by atoms with Crippen LogP contribution in [0, 0.1) is 0 Å². The number of aromatic nitrogens is 1. The molecule has 2 rings (SSSR count). The summed E-state index contributed by atoms with van der Waals surface area (Å²) in [6, 6.07) is 5.93. The SMILES string of the molecule is O=C(O)c1ccn(Cc2ccc(Br)o2)c(=O)c1. The van der Waals surface area contributed by atoms with Gasteiger partial charge in [-0.05, 0) is 34.1 Å². The van der Waals surface area contributed by atoms with E-state index in [1.165, 1.54) is 16.8 Å². The van der Waals surface area contributed by atoms with E-state index in [0.29, 0.717) is 10.4 Å². The largest absolute Gasteiger partial charge is 0.478 e. The zero-order valence-corrected chi connectivity index (χ0v) is 10.2. The van der Waals surface area contributed by atoms with Crippen LogP contribution in [0.15, 0.2) is 44.3 Å². The van der Waals surface area contributed by atoms with Crippen LogP contribution in [0.25, 0.3) is 0 Å². The third-order valence-electron chi connectivity index (χ3n) is 2.20. The standard InChI is InChI=1S/C11H8BrNO4/c12-9-2-1-8(17-9)6-13-4-3-7(11(15)16)5-10(13)14/h1-5H,6H2,(H,15,16). The smallest absolute Gasteiger partial charge is 0.335 e. The Morgan fingerprint density at radius 3 is 2.71 bits per heavy atom. The Morgan fingerprint density at radius 1 is 1.41 bits per heavy atom. The summed E-state index contributed by atoms with van der Waals surface area (Å²) in [5.74, 6) is -0.503. The van der Waals surface area contributed by atoms with Crippen molar-refractivity contribution in [1.82, 2.24) is 4.57 Å². The van der Waals surface area contributed by atoms with Gasteiger partial charge in [-0.1, -0.05) is 0 Å². The fourth-order valence-corrected chi connectivity index (χ4v) is 1.72. The molecule has 0 atom stereocenters. The van der Waals surface area contributed by atoms with Gasteiger partial charge in [0.25, 0.3) is 5.56 Å². The summed E-state index contributed by atoms with van der Waals surface area (Å²) >= 11 is 3.16. The van der Waals surface area contributed by atoms with Crippen molar-refractivity contribution in [3.05, 3.63) is 56.8 Å². The minimum absolute atomic E-state index is 0.0214. The number of aromatic carboxylic acids is 1.